The number of halogens is 1. The number of nitrogens with zero attached hydrogens (tertiary/aromatic N) is 2. The Hall–Kier alpha value is -1.60. The first-order chi connectivity index (χ1) is 6.81. The van der Waals surface area contributed by atoms with Crippen LogP contribution in [0.2, 0.25) is 0 Å². The molecule has 0 bridgehead atoms. The first kappa shape index (κ1) is 8.97. The summed E-state index contributed by atoms with van der Waals surface area (Å²) in [5, 5.41) is 8.93. The van der Waals surface area contributed by atoms with Crippen molar-refractivity contribution in [2.45, 2.75) is 0 Å². The molecule has 0 fully saturated rings. The molecule has 0 aliphatic rings. The van der Waals surface area contributed by atoms with E-state index in [-0.39, 0.29) is 0 Å². The molecule has 1 aromatic heterocycles. The van der Waals surface area contributed by atoms with Crippen molar-refractivity contribution in [3.8, 4) is 17.5 Å². The van der Waals surface area contributed by atoms with Crippen LogP contribution in [0, 0.1) is 11.3 Å². The summed E-state index contributed by atoms with van der Waals surface area (Å²) in [5.41, 5.74) is 1.43. The predicted molar refractivity (Wildman–Crippen MR) is 56.4 cm³/mol. The van der Waals surface area contributed by atoms with Crippen molar-refractivity contribution >= 4 is 15.9 Å². The Kier molecular flexibility index (Phi) is 2.33. The maximum absolute atomic E-state index is 8.93. The molecule has 14 heavy (non-hydrogen) atoms. The van der Waals surface area contributed by atoms with Gasteiger partial charge in [0.1, 0.15) is 5.82 Å². The molecule has 0 spiro atoms. The third-order valence-electron chi connectivity index (χ3n) is 1.86. The Morgan fingerprint density at radius 2 is 2.29 bits per heavy atom. The van der Waals surface area contributed by atoms with Crippen LogP contribution in [0.4, 0.5) is 0 Å². The number of benzene rings is 1. The molecule has 0 radical (unpaired) electrons. The highest BCUT2D eigenvalue weighted by atomic mass is 79.9. The van der Waals surface area contributed by atoms with E-state index < -0.39 is 0 Å². The van der Waals surface area contributed by atoms with E-state index in [1.807, 2.05) is 12.1 Å². The lowest BCUT2D eigenvalue weighted by atomic mass is 10.1. The molecule has 0 saturated carbocycles. The van der Waals surface area contributed by atoms with Gasteiger partial charge in [-0.1, -0.05) is 15.9 Å². The van der Waals surface area contributed by atoms with Gasteiger partial charge in [0.25, 0.3) is 0 Å². The van der Waals surface area contributed by atoms with Crippen molar-refractivity contribution in [1.82, 2.24) is 9.97 Å². The van der Waals surface area contributed by atoms with E-state index in [0.717, 1.165) is 10.0 Å². The highest BCUT2D eigenvalue weighted by Crippen LogP contribution is 2.23. The number of aromatic nitrogens is 2. The van der Waals surface area contributed by atoms with E-state index in [1.165, 1.54) is 0 Å². The highest BCUT2D eigenvalue weighted by molar-refractivity contribution is 9.10. The summed E-state index contributed by atoms with van der Waals surface area (Å²) < 4.78 is 0.893. The molecule has 2 rings (SSSR count). The van der Waals surface area contributed by atoms with Crippen molar-refractivity contribution in [3.63, 3.8) is 0 Å². The van der Waals surface area contributed by atoms with Gasteiger partial charge in [-0.05, 0) is 18.2 Å². The Bertz CT molecular complexity index is 483. The second-order valence-electron chi connectivity index (χ2n) is 2.74. The van der Waals surface area contributed by atoms with E-state index in [4.69, 9.17) is 5.26 Å². The minimum Gasteiger partial charge on any atom is -0.345 e. The van der Waals surface area contributed by atoms with Gasteiger partial charge in [0.2, 0.25) is 0 Å². The van der Waals surface area contributed by atoms with Crippen molar-refractivity contribution in [3.05, 3.63) is 40.6 Å². The second kappa shape index (κ2) is 3.64. The molecule has 1 heterocycles. The second-order valence-corrected chi connectivity index (χ2v) is 3.66. The first-order valence-corrected chi connectivity index (χ1v) is 4.80. The third kappa shape index (κ3) is 1.54. The molecule has 0 aliphatic carbocycles. The van der Waals surface area contributed by atoms with Crippen LogP contribution in [-0.2, 0) is 0 Å². The van der Waals surface area contributed by atoms with Gasteiger partial charge in [-0.15, -0.1) is 0 Å². The van der Waals surface area contributed by atoms with Gasteiger partial charge < -0.3 is 4.98 Å². The lowest BCUT2D eigenvalue weighted by molar-refractivity contribution is 1.30. The number of rotatable bonds is 1. The molecule has 68 valence electrons. The minimum atomic E-state index is 0.606. The fourth-order valence-corrected chi connectivity index (χ4v) is 1.59. The standard InChI is InChI=1S/C10H6BrN3/c11-8-1-2-9(7(5-8)6-12)10-13-3-4-14-10/h1-5H,(H,13,14). The van der Waals surface area contributed by atoms with Gasteiger partial charge >= 0.3 is 0 Å². The van der Waals surface area contributed by atoms with Gasteiger partial charge in [-0.3, -0.25) is 0 Å². The average Bonchev–Trinajstić information content (AvgIpc) is 2.70. The van der Waals surface area contributed by atoms with Crippen molar-refractivity contribution in [2.24, 2.45) is 0 Å². The fourth-order valence-electron chi connectivity index (χ4n) is 1.23. The van der Waals surface area contributed by atoms with Gasteiger partial charge in [-0.25, -0.2) is 4.98 Å². The lowest BCUT2D eigenvalue weighted by Gasteiger charge is -2.00. The maximum atomic E-state index is 8.93. The molecule has 0 amide bonds. The quantitative estimate of drug-likeness (QED) is 0.843. The Labute approximate surface area is 89.5 Å². The number of hydrogen-bond donors (Lipinski definition) is 1. The van der Waals surface area contributed by atoms with E-state index in [2.05, 4.69) is 32.0 Å². The number of nitrogens with one attached hydrogen (secondary N) is 1. The van der Waals surface area contributed by atoms with Crippen LogP contribution in [0.1, 0.15) is 5.56 Å². The summed E-state index contributed by atoms with van der Waals surface area (Å²) in [4.78, 5) is 7.07. The Balaban J connectivity index is 2.60. The van der Waals surface area contributed by atoms with Gasteiger partial charge in [0.05, 0.1) is 11.6 Å². The number of hydrogen-bond acceptors (Lipinski definition) is 2. The van der Waals surface area contributed by atoms with E-state index in [1.54, 1.807) is 18.5 Å². The van der Waals surface area contributed by atoms with E-state index >= 15 is 0 Å². The number of H-pyrrole nitrogens is 1. The largest absolute Gasteiger partial charge is 0.345 e. The van der Waals surface area contributed by atoms with Crippen LogP contribution in [0.15, 0.2) is 35.1 Å². The zero-order valence-electron chi connectivity index (χ0n) is 7.16. The smallest absolute Gasteiger partial charge is 0.138 e. The number of aromatic amines is 1. The molecule has 3 nitrogen and oxygen atoms in total. The summed E-state index contributed by atoms with van der Waals surface area (Å²) in [5.74, 6) is 0.717. The van der Waals surface area contributed by atoms with Crippen molar-refractivity contribution < 1.29 is 0 Å². The molecule has 1 N–H and O–H groups in total. The highest BCUT2D eigenvalue weighted by Gasteiger charge is 2.06. The van der Waals surface area contributed by atoms with Crippen LogP contribution in [0.5, 0.6) is 0 Å². The van der Waals surface area contributed by atoms with Crippen LogP contribution >= 0.6 is 15.9 Å². The van der Waals surface area contributed by atoms with Crippen molar-refractivity contribution in [2.75, 3.05) is 0 Å². The van der Waals surface area contributed by atoms with E-state index in [0.29, 0.717) is 11.4 Å². The maximum Gasteiger partial charge on any atom is 0.138 e. The van der Waals surface area contributed by atoms with Crippen LogP contribution in [0.25, 0.3) is 11.4 Å². The molecule has 4 heteroatoms. The third-order valence-corrected chi connectivity index (χ3v) is 2.35. The van der Waals surface area contributed by atoms with E-state index in [9.17, 15) is 0 Å². The summed E-state index contributed by atoms with van der Waals surface area (Å²) in [6.45, 7) is 0. The normalized spacial score (nSPS) is 9.71. The zero-order chi connectivity index (χ0) is 9.97. The predicted octanol–water partition coefficient (Wildman–Crippen LogP) is 2.71. The minimum absolute atomic E-state index is 0.606. The lowest BCUT2D eigenvalue weighted by Crippen LogP contribution is -1.86. The molecule has 0 saturated heterocycles. The first-order valence-electron chi connectivity index (χ1n) is 4.00. The van der Waals surface area contributed by atoms with Crippen LogP contribution < -0.4 is 0 Å². The molecule has 0 aliphatic heterocycles. The van der Waals surface area contributed by atoms with Gasteiger partial charge in [0, 0.05) is 22.4 Å². The van der Waals surface area contributed by atoms with Gasteiger partial charge in [-0.2, -0.15) is 5.26 Å². The SMILES string of the molecule is N#Cc1cc(Br)ccc1-c1ncc[nH]1. The number of imidazole rings is 1. The summed E-state index contributed by atoms with van der Waals surface area (Å²) >= 11 is 3.32. The average molecular weight is 248 g/mol. The molecule has 0 unspecified atom stereocenters. The van der Waals surface area contributed by atoms with Crippen LogP contribution in [0.3, 0.4) is 0 Å². The van der Waals surface area contributed by atoms with Crippen molar-refractivity contribution in [1.29, 1.82) is 5.26 Å². The Morgan fingerprint density at radius 3 is 2.93 bits per heavy atom. The molecule has 1 aromatic carbocycles. The zero-order valence-corrected chi connectivity index (χ0v) is 8.75. The molecular formula is C10H6BrN3. The number of nitriles is 1. The fraction of sp³-hybridized carbons (Fsp3) is 0. The van der Waals surface area contributed by atoms with Crippen LogP contribution in [-0.4, -0.2) is 9.97 Å². The Morgan fingerprint density at radius 1 is 1.43 bits per heavy atom. The van der Waals surface area contributed by atoms with Gasteiger partial charge in [0.15, 0.2) is 0 Å². The summed E-state index contributed by atoms with van der Waals surface area (Å²) in [6, 6.07) is 7.66. The monoisotopic (exact) mass is 247 g/mol. The molecule has 2 aromatic rings. The molecule has 0 atom stereocenters. The molecular weight excluding hydrogens is 242 g/mol. The summed E-state index contributed by atoms with van der Waals surface area (Å²) in [7, 11) is 0. The topological polar surface area (TPSA) is 52.5 Å². The summed E-state index contributed by atoms with van der Waals surface area (Å²) in [6.07, 6.45) is 3.40.